The Labute approximate surface area is 151 Å². The lowest BCUT2D eigenvalue weighted by Crippen LogP contribution is -2.16. The molecule has 5 nitrogen and oxygen atoms in total. The van der Waals surface area contributed by atoms with Crippen LogP contribution in [0.2, 0.25) is 5.02 Å². The number of rotatable bonds is 6. The normalized spacial score (nSPS) is 12.6. The van der Waals surface area contributed by atoms with Crippen LogP contribution in [-0.2, 0) is 4.79 Å². The van der Waals surface area contributed by atoms with Crippen LogP contribution in [0.1, 0.15) is 18.4 Å². The summed E-state index contributed by atoms with van der Waals surface area (Å²) in [4.78, 5) is 12.0. The molecule has 25 heavy (non-hydrogen) atoms. The van der Waals surface area contributed by atoms with E-state index in [1.165, 1.54) is 0 Å². The molecule has 0 radical (unpaired) electrons. The summed E-state index contributed by atoms with van der Waals surface area (Å²) < 4.78 is 16.6. The summed E-state index contributed by atoms with van der Waals surface area (Å²) in [6.45, 7) is 3.46. The van der Waals surface area contributed by atoms with E-state index in [0.717, 1.165) is 11.3 Å². The van der Waals surface area contributed by atoms with Gasteiger partial charge in [-0.05, 0) is 49.2 Å². The van der Waals surface area contributed by atoms with E-state index in [0.29, 0.717) is 54.9 Å². The fourth-order valence-electron chi connectivity index (χ4n) is 2.47. The standard InChI is InChI=1S/C19H20ClNO4/c1-13-11-15(5-6-16(13)20)23-8-2-3-19(22)21-14-4-7-17-18(12-14)25-10-9-24-17/h4-7,11-12H,2-3,8-10H2,1H3,(H,21,22). The zero-order chi connectivity index (χ0) is 17.6. The third-order valence-corrected chi connectivity index (χ3v) is 4.20. The second kappa shape index (κ2) is 8.12. The van der Waals surface area contributed by atoms with Crippen molar-refractivity contribution in [3.63, 3.8) is 0 Å². The zero-order valence-electron chi connectivity index (χ0n) is 14.0. The van der Waals surface area contributed by atoms with Gasteiger partial charge < -0.3 is 19.5 Å². The number of amides is 1. The van der Waals surface area contributed by atoms with Crippen molar-refractivity contribution in [1.82, 2.24) is 0 Å². The number of benzene rings is 2. The molecule has 1 amide bonds. The van der Waals surface area contributed by atoms with Gasteiger partial charge in [0.05, 0.1) is 6.61 Å². The van der Waals surface area contributed by atoms with E-state index in [4.69, 9.17) is 25.8 Å². The van der Waals surface area contributed by atoms with Crippen molar-refractivity contribution < 1.29 is 19.0 Å². The lowest BCUT2D eigenvalue weighted by molar-refractivity contribution is -0.116. The van der Waals surface area contributed by atoms with E-state index in [9.17, 15) is 4.79 Å². The van der Waals surface area contributed by atoms with Crippen LogP contribution in [0, 0.1) is 6.92 Å². The van der Waals surface area contributed by atoms with Gasteiger partial charge in [-0.15, -0.1) is 0 Å². The van der Waals surface area contributed by atoms with Gasteiger partial charge in [-0.25, -0.2) is 0 Å². The third kappa shape index (κ3) is 4.79. The van der Waals surface area contributed by atoms with E-state index in [1.54, 1.807) is 24.3 Å². The number of anilines is 1. The van der Waals surface area contributed by atoms with Crippen molar-refractivity contribution >= 4 is 23.2 Å². The fourth-order valence-corrected chi connectivity index (χ4v) is 2.59. The molecule has 0 atom stereocenters. The number of hydrogen-bond acceptors (Lipinski definition) is 4. The smallest absolute Gasteiger partial charge is 0.224 e. The molecule has 0 fully saturated rings. The van der Waals surface area contributed by atoms with Crippen LogP contribution in [-0.4, -0.2) is 25.7 Å². The molecule has 3 rings (SSSR count). The highest BCUT2D eigenvalue weighted by molar-refractivity contribution is 6.31. The maximum Gasteiger partial charge on any atom is 0.224 e. The number of halogens is 1. The Morgan fingerprint density at radius 3 is 2.76 bits per heavy atom. The molecule has 0 bridgehead atoms. The predicted molar refractivity (Wildman–Crippen MR) is 97.0 cm³/mol. The molecule has 1 heterocycles. The van der Waals surface area contributed by atoms with Crippen LogP contribution in [0.15, 0.2) is 36.4 Å². The monoisotopic (exact) mass is 361 g/mol. The molecule has 0 spiro atoms. The number of ether oxygens (including phenoxy) is 3. The number of hydrogen-bond donors (Lipinski definition) is 1. The third-order valence-electron chi connectivity index (χ3n) is 3.77. The number of carbonyl (C=O) groups is 1. The van der Waals surface area contributed by atoms with Gasteiger partial charge in [0.15, 0.2) is 11.5 Å². The van der Waals surface area contributed by atoms with Crippen molar-refractivity contribution in [2.24, 2.45) is 0 Å². The lowest BCUT2D eigenvalue weighted by Gasteiger charge is -2.19. The molecule has 0 saturated carbocycles. The number of carbonyl (C=O) groups excluding carboxylic acids is 1. The minimum absolute atomic E-state index is 0.0624. The van der Waals surface area contributed by atoms with Gasteiger partial charge in [0.2, 0.25) is 5.91 Å². The summed E-state index contributed by atoms with van der Waals surface area (Å²) in [6.07, 6.45) is 0.999. The Morgan fingerprint density at radius 2 is 1.96 bits per heavy atom. The summed E-state index contributed by atoms with van der Waals surface area (Å²) >= 11 is 5.98. The van der Waals surface area contributed by atoms with Gasteiger partial charge >= 0.3 is 0 Å². The van der Waals surface area contributed by atoms with Gasteiger partial charge in [0, 0.05) is 23.2 Å². The van der Waals surface area contributed by atoms with Gasteiger partial charge in [-0.3, -0.25) is 4.79 Å². The van der Waals surface area contributed by atoms with Crippen LogP contribution in [0.3, 0.4) is 0 Å². The first kappa shape index (κ1) is 17.4. The summed E-state index contributed by atoms with van der Waals surface area (Å²) in [6, 6.07) is 10.9. The first-order valence-corrected chi connectivity index (χ1v) is 8.58. The van der Waals surface area contributed by atoms with Crippen LogP contribution in [0.5, 0.6) is 17.2 Å². The van der Waals surface area contributed by atoms with E-state index >= 15 is 0 Å². The fraction of sp³-hybridized carbons (Fsp3) is 0.316. The molecule has 2 aromatic carbocycles. The van der Waals surface area contributed by atoms with Crippen molar-refractivity contribution in [3.8, 4) is 17.2 Å². The van der Waals surface area contributed by atoms with Gasteiger partial charge in [-0.2, -0.15) is 0 Å². The van der Waals surface area contributed by atoms with E-state index < -0.39 is 0 Å². The van der Waals surface area contributed by atoms with E-state index in [-0.39, 0.29) is 5.91 Å². The molecule has 6 heteroatoms. The SMILES string of the molecule is Cc1cc(OCCCC(=O)Nc2ccc3c(c2)OCCO3)ccc1Cl. The highest BCUT2D eigenvalue weighted by atomic mass is 35.5. The Morgan fingerprint density at radius 1 is 1.16 bits per heavy atom. The Hall–Kier alpha value is -2.40. The van der Waals surface area contributed by atoms with Crippen LogP contribution in [0.4, 0.5) is 5.69 Å². The molecule has 0 unspecified atom stereocenters. The highest BCUT2D eigenvalue weighted by Crippen LogP contribution is 2.32. The zero-order valence-corrected chi connectivity index (χ0v) is 14.8. The molecule has 0 aliphatic carbocycles. The maximum atomic E-state index is 12.0. The van der Waals surface area contributed by atoms with Crippen LogP contribution < -0.4 is 19.5 Å². The van der Waals surface area contributed by atoms with E-state index in [2.05, 4.69) is 5.32 Å². The molecule has 0 aromatic heterocycles. The number of aryl methyl sites for hydroxylation is 1. The maximum absolute atomic E-state index is 12.0. The Kier molecular flexibility index (Phi) is 5.66. The second-order valence-corrected chi connectivity index (χ2v) is 6.18. The summed E-state index contributed by atoms with van der Waals surface area (Å²) in [5, 5.41) is 3.57. The molecule has 2 aromatic rings. The molecule has 1 aliphatic rings. The largest absolute Gasteiger partial charge is 0.494 e. The molecule has 1 aliphatic heterocycles. The van der Waals surface area contributed by atoms with Crippen molar-refractivity contribution in [1.29, 1.82) is 0 Å². The molecule has 1 N–H and O–H groups in total. The molecular weight excluding hydrogens is 342 g/mol. The lowest BCUT2D eigenvalue weighted by atomic mass is 10.2. The molecular formula is C19H20ClNO4. The highest BCUT2D eigenvalue weighted by Gasteiger charge is 2.12. The van der Waals surface area contributed by atoms with Crippen molar-refractivity contribution in [2.75, 3.05) is 25.1 Å². The summed E-state index contributed by atoms with van der Waals surface area (Å²) in [5.41, 5.74) is 1.67. The average molecular weight is 362 g/mol. The number of fused-ring (bicyclic) bond motifs is 1. The topological polar surface area (TPSA) is 56.8 Å². The quantitative estimate of drug-likeness (QED) is 0.783. The van der Waals surface area contributed by atoms with E-state index in [1.807, 2.05) is 19.1 Å². The number of nitrogens with one attached hydrogen (secondary N) is 1. The minimum Gasteiger partial charge on any atom is -0.494 e. The minimum atomic E-state index is -0.0624. The second-order valence-electron chi connectivity index (χ2n) is 5.77. The van der Waals surface area contributed by atoms with Crippen molar-refractivity contribution in [3.05, 3.63) is 47.0 Å². The van der Waals surface area contributed by atoms with Crippen molar-refractivity contribution in [2.45, 2.75) is 19.8 Å². The first-order chi connectivity index (χ1) is 12.1. The van der Waals surface area contributed by atoms with Gasteiger partial charge in [-0.1, -0.05) is 11.6 Å². The predicted octanol–water partition coefficient (Wildman–Crippen LogP) is 4.22. The van der Waals surface area contributed by atoms with Gasteiger partial charge in [0.25, 0.3) is 0 Å². The molecule has 0 saturated heterocycles. The molecule has 132 valence electrons. The van der Waals surface area contributed by atoms with Crippen LogP contribution in [0.25, 0.3) is 0 Å². The van der Waals surface area contributed by atoms with Gasteiger partial charge in [0.1, 0.15) is 19.0 Å². The van der Waals surface area contributed by atoms with Crippen LogP contribution >= 0.6 is 11.6 Å². The summed E-state index contributed by atoms with van der Waals surface area (Å²) in [7, 11) is 0. The first-order valence-electron chi connectivity index (χ1n) is 8.20. The summed E-state index contributed by atoms with van der Waals surface area (Å²) in [5.74, 6) is 2.06. The average Bonchev–Trinajstić information content (AvgIpc) is 2.61. The Balaban J connectivity index is 1.43. The Bertz CT molecular complexity index is 763.